The van der Waals surface area contributed by atoms with Gasteiger partial charge in [-0.1, -0.05) is 59.8 Å². The minimum absolute atomic E-state index is 0.0505. The predicted octanol–water partition coefficient (Wildman–Crippen LogP) is 4.66. The van der Waals surface area contributed by atoms with Crippen molar-refractivity contribution in [2.45, 2.75) is 45.9 Å². The van der Waals surface area contributed by atoms with Gasteiger partial charge in [-0.3, -0.25) is 4.79 Å². The lowest BCUT2D eigenvalue weighted by atomic mass is 9.86. The lowest BCUT2D eigenvalue weighted by Crippen LogP contribution is -2.14. The number of aliphatic hydroxyl groups excluding tert-OH is 1. The molecule has 4 rings (SSSR count). The lowest BCUT2D eigenvalue weighted by Gasteiger charge is -2.20. The number of benzene rings is 3. The highest BCUT2D eigenvalue weighted by molar-refractivity contribution is 5.77. The van der Waals surface area contributed by atoms with E-state index in [1.165, 1.54) is 0 Å². The quantitative estimate of drug-likeness (QED) is 0.398. The van der Waals surface area contributed by atoms with E-state index in [9.17, 15) is 9.90 Å². The second-order valence-electron chi connectivity index (χ2n) is 7.99. The van der Waals surface area contributed by atoms with Crippen molar-refractivity contribution in [2.24, 2.45) is 0 Å². The summed E-state index contributed by atoms with van der Waals surface area (Å²) >= 11 is 0. The molecule has 0 aliphatic heterocycles. The van der Waals surface area contributed by atoms with Crippen molar-refractivity contribution < 1.29 is 19.0 Å². The summed E-state index contributed by atoms with van der Waals surface area (Å²) in [6, 6.07) is 18.4. The molecule has 1 N–H and O–H groups in total. The molecule has 0 saturated heterocycles. The number of aliphatic hydroxyl groups is 1. The molecule has 1 aromatic heterocycles. The molecule has 0 aliphatic rings. The van der Waals surface area contributed by atoms with Gasteiger partial charge in [0.15, 0.2) is 5.82 Å². The first-order valence-corrected chi connectivity index (χ1v) is 10.9. The fourth-order valence-electron chi connectivity index (χ4n) is 3.97. The Balaban J connectivity index is 1.69. The Kier molecular flexibility index (Phi) is 6.79. The van der Waals surface area contributed by atoms with Crippen LogP contribution in [0.5, 0.6) is 0 Å². The van der Waals surface area contributed by atoms with E-state index in [4.69, 9.17) is 4.74 Å². The van der Waals surface area contributed by atoms with Crippen molar-refractivity contribution in [3.05, 3.63) is 94.3 Å². The Morgan fingerprint density at radius 1 is 1.15 bits per heavy atom. The van der Waals surface area contributed by atoms with Crippen molar-refractivity contribution in [1.29, 1.82) is 0 Å². The zero-order valence-electron chi connectivity index (χ0n) is 18.7. The van der Waals surface area contributed by atoms with Crippen LogP contribution in [0.3, 0.4) is 0 Å². The molecular weight excluding hydrogens is 421 g/mol. The van der Waals surface area contributed by atoms with Gasteiger partial charge in [-0.25, -0.2) is 9.07 Å². The molecule has 3 aromatic carbocycles. The zero-order chi connectivity index (χ0) is 23.4. The van der Waals surface area contributed by atoms with Gasteiger partial charge >= 0.3 is 5.97 Å². The van der Waals surface area contributed by atoms with Gasteiger partial charge in [0, 0.05) is 12.5 Å². The van der Waals surface area contributed by atoms with E-state index in [0.717, 1.165) is 22.3 Å². The van der Waals surface area contributed by atoms with Crippen LogP contribution in [-0.4, -0.2) is 26.1 Å². The van der Waals surface area contributed by atoms with Gasteiger partial charge in [0.05, 0.1) is 18.5 Å². The number of fused-ring (bicyclic) bond motifs is 1. The van der Waals surface area contributed by atoms with Crippen LogP contribution in [0.2, 0.25) is 0 Å². The Bertz CT molecular complexity index is 1270. The maximum Gasteiger partial charge on any atom is 0.307 e. The van der Waals surface area contributed by atoms with Gasteiger partial charge in [-0.2, -0.15) is 0 Å². The van der Waals surface area contributed by atoms with Crippen LogP contribution in [0.25, 0.3) is 11.0 Å². The molecule has 1 atom stereocenters. The largest absolute Gasteiger partial charge is 0.461 e. The minimum Gasteiger partial charge on any atom is -0.461 e. The second kappa shape index (κ2) is 9.92. The molecule has 0 saturated carbocycles. The summed E-state index contributed by atoms with van der Waals surface area (Å²) in [6.45, 7) is 4.39. The SMILES string of the molecule is CCn1nnc2c(F)c([C@@H](CC(=O)OCc3ccccc3)c3ccc(C)c(CO)c3)ccc21. The molecular formula is C26H26FN3O3. The number of hydrogen-bond donors (Lipinski definition) is 1. The summed E-state index contributed by atoms with van der Waals surface area (Å²) in [4.78, 5) is 12.8. The number of halogens is 1. The Labute approximate surface area is 191 Å². The Morgan fingerprint density at radius 2 is 1.94 bits per heavy atom. The number of ether oxygens (including phenoxy) is 1. The van der Waals surface area contributed by atoms with Crippen LogP contribution in [0.15, 0.2) is 60.7 Å². The summed E-state index contributed by atoms with van der Waals surface area (Å²) in [5.41, 5.74) is 4.37. The van der Waals surface area contributed by atoms with Gasteiger partial charge in [-0.15, -0.1) is 5.10 Å². The molecule has 4 aromatic rings. The van der Waals surface area contributed by atoms with Crippen molar-refractivity contribution in [1.82, 2.24) is 15.0 Å². The Hall–Kier alpha value is -3.58. The summed E-state index contributed by atoms with van der Waals surface area (Å²) in [5.74, 6) is -1.54. The topological polar surface area (TPSA) is 77.2 Å². The first-order chi connectivity index (χ1) is 16.0. The smallest absolute Gasteiger partial charge is 0.307 e. The molecule has 0 fully saturated rings. The Morgan fingerprint density at radius 3 is 2.67 bits per heavy atom. The van der Waals surface area contributed by atoms with E-state index < -0.39 is 17.7 Å². The average molecular weight is 448 g/mol. The number of carbonyl (C=O) groups is 1. The molecule has 0 aliphatic carbocycles. The van der Waals surface area contributed by atoms with Crippen LogP contribution in [0, 0.1) is 12.7 Å². The van der Waals surface area contributed by atoms with Crippen LogP contribution < -0.4 is 0 Å². The summed E-state index contributed by atoms with van der Waals surface area (Å²) < 4.78 is 22.7. The molecule has 6 nitrogen and oxygen atoms in total. The average Bonchev–Trinajstić information content (AvgIpc) is 3.27. The highest BCUT2D eigenvalue weighted by atomic mass is 19.1. The molecule has 170 valence electrons. The number of aryl methyl sites for hydroxylation is 2. The van der Waals surface area contributed by atoms with Crippen molar-refractivity contribution in [3.8, 4) is 0 Å². The fraction of sp³-hybridized carbons (Fsp3) is 0.269. The molecule has 1 heterocycles. The highest BCUT2D eigenvalue weighted by Crippen LogP contribution is 2.34. The molecule has 0 amide bonds. The second-order valence-corrected chi connectivity index (χ2v) is 7.99. The monoisotopic (exact) mass is 447 g/mol. The maximum absolute atomic E-state index is 15.6. The van der Waals surface area contributed by atoms with E-state index in [-0.39, 0.29) is 25.2 Å². The molecule has 0 radical (unpaired) electrons. The van der Waals surface area contributed by atoms with Crippen LogP contribution in [0.1, 0.15) is 47.1 Å². The summed E-state index contributed by atoms with van der Waals surface area (Å²) in [5, 5.41) is 17.7. The molecule has 0 bridgehead atoms. The lowest BCUT2D eigenvalue weighted by molar-refractivity contribution is -0.145. The number of rotatable bonds is 8. The number of carbonyl (C=O) groups excluding carboxylic acids is 1. The number of esters is 1. The van der Waals surface area contributed by atoms with Crippen molar-refractivity contribution in [2.75, 3.05) is 0 Å². The number of aromatic nitrogens is 3. The highest BCUT2D eigenvalue weighted by Gasteiger charge is 2.25. The third-order valence-electron chi connectivity index (χ3n) is 5.89. The normalized spacial score (nSPS) is 12.1. The third kappa shape index (κ3) is 4.78. The standard InChI is InChI=1S/C26H26FN3O3/c1-3-30-23-12-11-21(25(27)26(23)28-29-30)22(19-10-9-17(2)20(13-19)15-31)14-24(32)33-16-18-7-5-4-6-8-18/h4-13,22,31H,3,14-16H2,1-2H3/t22-/m0/s1. The first-order valence-electron chi connectivity index (χ1n) is 10.9. The van der Waals surface area contributed by atoms with Crippen LogP contribution in [-0.2, 0) is 29.3 Å². The van der Waals surface area contributed by atoms with E-state index in [1.807, 2.05) is 62.4 Å². The number of nitrogens with zero attached hydrogens (tertiary/aromatic N) is 3. The van der Waals surface area contributed by atoms with Gasteiger partial charge in [0.25, 0.3) is 0 Å². The van der Waals surface area contributed by atoms with Gasteiger partial charge in [0.2, 0.25) is 0 Å². The van der Waals surface area contributed by atoms with E-state index in [0.29, 0.717) is 17.6 Å². The summed E-state index contributed by atoms with van der Waals surface area (Å²) in [7, 11) is 0. The van der Waals surface area contributed by atoms with E-state index in [2.05, 4.69) is 10.3 Å². The molecule has 7 heteroatoms. The molecule has 33 heavy (non-hydrogen) atoms. The third-order valence-corrected chi connectivity index (χ3v) is 5.89. The van der Waals surface area contributed by atoms with E-state index in [1.54, 1.807) is 16.8 Å². The van der Waals surface area contributed by atoms with E-state index >= 15 is 4.39 Å². The molecule has 0 spiro atoms. The van der Waals surface area contributed by atoms with Gasteiger partial charge in [0.1, 0.15) is 12.1 Å². The van der Waals surface area contributed by atoms with Crippen LogP contribution >= 0.6 is 0 Å². The van der Waals surface area contributed by atoms with Gasteiger partial charge < -0.3 is 9.84 Å². The molecule has 0 unspecified atom stereocenters. The first kappa shape index (κ1) is 22.6. The zero-order valence-corrected chi connectivity index (χ0v) is 18.7. The predicted molar refractivity (Wildman–Crippen MR) is 123 cm³/mol. The van der Waals surface area contributed by atoms with Crippen molar-refractivity contribution >= 4 is 17.0 Å². The van der Waals surface area contributed by atoms with Crippen LogP contribution in [0.4, 0.5) is 4.39 Å². The fourth-order valence-corrected chi connectivity index (χ4v) is 3.97. The van der Waals surface area contributed by atoms with Gasteiger partial charge in [-0.05, 0) is 47.7 Å². The van der Waals surface area contributed by atoms with Crippen molar-refractivity contribution in [3.63, 3.8) is 0 Å². The minimum atomic E-state index is -0.602. The number of hydrogen-bond acceptors (Lipinski definition) is 5. The summed E-state index contributed by atoms with van der Waals surface area (Å²) in [6.07, 6.45) is -0.0505. The maximum atomic E-state index is 15.6.